The molecule has 0 saturated carbocycles. The fourth-order valence-corrected chi connectivity index (χ4v) is 3.16. The molecule has 0 aliphatic carbocycles. The Morgan fingerprint density at radius 2 is 2.00 bits per heavy atom. The Hall–Kier alpha value is -3.14. The van der Waals surface area contributed by atoms with Crippen molar-refractivity contribution in [3.8, 4) is 0 Å². The molecule has 0 saturated heterocycles. The molecule has 9 nitrogen and oxygen atoms in total. The first-order valence-electron chi connectivity index (χ1n) is 8.02. The Labute approximate surface area is 157 Å². The van der Waals surface area contributed by atoms with Crippen molar-refractivity contribution in [1.82, 2.24) is 19.5 Å². The number of hydrogen-bond acceptors (Lipinski definition) is 7. The number of H-pyrrole nitrogens is 1. The molecule has 0 aliphatic rings. The molecule has 3 heterocycles. The Morgan fingerprint density at radius 3 is 2.67 bits per heavy atom. The second-order valence-electron chi connectivity index (χ2n) is 5.76. The average molecular weight is 387 g/mol. The van der Waals surface area contributed by atoms with Crippen molar-refractivity contribution in [3.05, 3.63) is 68.5 Å². The van der Waals surface area contributed by atoms with Crippen LogP contribution in [0.3, 0.4) is 0 Å². The fourth-order valence-electron chi connectivity index (χ4n) is 2.41. The Balaban J connectivity index is 1.75. The summed E-state index contributed by atoms with van der Waals surface area (Å²) in [6.07, 6.45) is 1.48. The summed E-state index contributed by atoms with van der Waals surface area (Å²) < 4.78 is 6.44. The van der Waals surface area contributed by atoms with E-state index in [4.69, 9.17) is 4.42 Å². The summed E-state index contributed by atoms with van der Waals surface area (Å²) >= 11 is 1.17. The maximum absolute atomic E-state index is 12.3. The number of furan rings is 1. The van der Waals surface area contributed by atoms with E-state index in [1.165, 1.54) is 22.6 Å². The van der Waals surface area contributed by atoms with E-state index in [9.17, 15) is 14.4 Å². The Kier molecular flexibility index (Phi) is 5.55. The summed E-state index contributed by atoms with van der Waals surface area (Å²) in [7, 11) is 0. The number of aromatic amines is 1. The quantitative estimate of drug-likeness (QED) is 0.483. The minimum absolute atomic E-state index is 0.0324. The van der Waals surface area contributed by atoms with Gasteiger partial charge in [0.1, 0.15) is 11.6 Å². The molecular weight excluding hydrogens is 370 g/mol. The molecule has 0 atom stereocenters. The smallest absolute Gasteiger partial charge is 0.330 e. The number of rotatable bonds is 6. The van der Waals surface area contributed by atoms with Crippen molar-refractivity contribution in [2.75, 3.05) is 11.1 Å². The minimum atomic E-state index is -0.639. The first kappa shape index (κ1) is 18.6. The molecule has 0 aromatic carbocycles. The molecule has 3 aromatic heterocycles. The number of aryl methyl sites for hydroxylation is 2. The van der Waals surface area contributed by atoms with Crippen molar-refractivity contribution in [1.29, 1.82) is 0 Å². The molecular formula is C17H17N5O4S. The van der Waals surface area contributed by atoms with Crippen LogP contribution < -0.4 is 16.6 Å². The van der Waals surface area contributed by atoms with Gasteiger partial charge in [0.2, 0.25) is 5.91 Å². The molecule has 10 heteroatoms. The van der Waals surface area contributed by atoms with Crippen molar-refractivity contribution >= 4 is 23.5 Å². The van der Waals surface area contributed by atoms with Crippen LogP contribution in [0.5, 0.6) is 0 Å². The molecule has 0 unspecified atom stereocenters. The van der Waals surface area contributed by atoms with E-state index in [0.29, 0.717) is 10.9 Å². The van der Waals surface area contributed by atoms with Crippen LogP contribution in [0.2, 0.25) is 0 Å². The van der Waals surface area contributed by atoms with Crippen molar-refractivity contribution in [2.45, 2.75) is 25.5 Å². The zero-order chi connectivity index (χ0) is 19.4. The van der Waals surface area contributed by atoms with Crippen molar-refractivity contribution in [3.63, 3.8) is 0 Å². The lowest BCUT2D eigenvalue weighted by Crippen LogP contribution is -2.33. The van der Waals surface area contributed by atoms with E-state index < -0.39 is 11.2 Å². The van der Waals surface area contributed by atoms with Crippen LogP contribution in [0, 0.1) is 13.8 Å². The third kappa shape index (κ3) is 4.94. The maximum Gasteiger partial charge on any atom is 0.330 e. The Morgan fingerprint density at radius 1 is 1.26 bits per heavy atom. The van der Waals surface area contributed by atoms with E-state index in [0.717, 1.165) is 17.5 Å². The first-order chi connectivity index (χ1) is 12.9. The van der Waals surface area contributed by atoms with E-state index in [2.05, 4.69) is 20.3 Å². The van der Waals surface area contributed by atoms with E-state index in [1.54, 1.807) is 12.1 Å². The van der Waals surface area contributed by atoms with Gasteiger partial charge < -0.3 is 9.73 Å². The summed E-state index contributed by atoms with van der Waals surface area (Å²) in [6, 6.07) is 6.37. The summed E-state index contributed by atoms with van der Waals surface area (Å²) in [5, 5.41) is 3.08. The topological polar surface area (TPSA) is 123 Å². The highest BCUT2D eigenvalue weighted by Crippen LogP contribution is 2.15. The van der Waals surface area contributed by atoms with Gasteiger partial charge in [0.05, 0.1) is 18.6 Å². The van der Waals surface area contributed by atoms with Gasteiger partial charge in [0.15, 0.2) is 5.16 Å². The lowest BCUT2D eigenvalue weighted by molar-refractivity contribution is -0.113. The number of hydrogen-bond donors (Lipinski definition) is 2. The second-order valence-corrected chi connectivity index (χ2v) is 6.70. The van der Waals surface area contributed by atoms with Gasteiger partial charge in [-0.1, -0.05) is 11.8 Å². The molecule has 1 amide bonds. The first-order valence-corrected chi connectivity index (χ1v) is 9.01. The zero-order valence-corrected chi connectivity index (χ0v) is 15.5. The van der Waals surface area contributed by atoms with Crippen molar-refractivity contribution < 1.29 is 9.21 Å². The third-order valence-electron chi connectivity index (χ3n) is 3.49. The second kappa shape index (κ2) is 8.04. The third-order valence-corrected chi connectivity index (χ3v) is 4.34. The number of thioether (sulfide) groups is 1. The predicted octanol–water partition coefficient (Wildman–Crippen LogP) is 1.32. The van der Waals surface area contributed by atoms with Crippen LogP contribution >= 0.6 is 11.8 Å². The SMILES string of the molecule is Cc1cc(C)nc(SCC(=O)Nc2cc(=O)[nH]c(=O)n2Cc2ccco2)n1. The molecule has 0 aliphatic heterocycles. The van der Waals surface area contributed by atoms with E-state index >= 15 is 0 Å². The van der Waals surface area contributed by atoms with Crippen LogP contribution in [0.15, 0.2) is 49.7 Å². The lowest BCUT2D eigenvalue weighted by atomic mass is 10.4. The highest BCUT2D eigenvalue weighted by molar-refractivity contribution is 7.99. The molecule has 0 radical (unpaired) electrons. The standard InChI is InChI=1S/C17H17N5O4S/c1-10-6-11(2)19-16(18-10)27-9-15(24)20-13-7-14(23)21-17(25)22(13)8-12-4-3-5-26-12/h3-7H,8-9H2,1-2H3,(H,20,24)(H,21,23,25). The van der Waals surface area contributed by atoms with Gasteiger partial charge in [-0.25, -0.2) is 14.8 Å². The monoisotopic (exact) mass is 387 g/mol. The van der Waals surface area contributed by atoms with Crippen LogP contribution in [0.25, 0.3) is 0 Å². The molecule has 27 heavy (non-hydrogen) atoms. The van der Waals surface area contributed by atoms with Gasteiger partial charge >= 0.3 is 5.69 Å². The summed E-state index contributed by atoms with van der Waals surface area (Å²) in [5.74, 6) is 0.246. The predicted molar refractivity (Wildman–Crippen MR) is 100.0 cm³/mol. The highest BCUT2D eigenvalue weighted by atomic mass is 32.2. The number of carbonyl (C=O) groups is 1. The number of amides is 1. The van der Waals surface area contributed by atoms with Crippen LogP contribution in [0.4, 0.5) is 5.82 Å². The van der Waals surface area contributed by atoms with E-state index in [-0.39, 0.29) is 24.0 Å². The molecule has 0 fully saturated rings. The van der Waals surface area contributed by atoms with Gasteiger partial charge in [0.25, 0.3) is 5.56 Å². The van der Waals surface area contributed by atoms with Crippen LogP contribution in [-0.2, 0) is 11.3 Å². The van der Waals surface area contributed by atoms with Crippen LogP contribution in [-0.4, -0.2) is 31.2 Å². The molecule has 3 aromatic rings. The Bertz CT molecular complexity index is 1050. The number of anilines is 1. The molecule has 140 valence electrons. The number of carbonyl (C=O) groups excluding carboxylic acids is 1. The van der Waals surface area contributed by atoms with Gasteiger partial charge in [-0.2, -0.15) is 0 Å². The normalized spacial score (nSPS) is 10.7. The number of nitrogens with one attached hydrogen (secondary N) is 2. The minimum Gasteiger partial charge on any atom is -0.467 e. The van der Waals surface area contributed by atoms with E-state index in [1.807, 2.05) is 19.9 Å². The molecule has 0 spiro atoms. The summed E-state index contributed by atoms with van der Waals surface area (Å²) in [4.78, 5) is 46.7. The number of nitrogens with zero attached hydrogens (tertiary/aromatic N) is 3. The number of aromatic nitrogens is 4. The zero-order valence-electron chi connectivity index (χ0n) is 14.7. The summed E-state index contributed by atoms with van der Waals surface area (Å²) in [6.45, 7) is 3.77. The average Bonchev–Trinajstić information content (AvgIpc) is 3.08. The van der Waals surface area contributed by atoms with Gasteiger partial charge in [0, 0.05) is 17.5 Å². The van der Waals surface area contributed by atoms with Crippen molar-refractivity contribution in [2.24, 2.45) is 0 Å². The molecule has 2 N–H and O–H groups in total. The fraction of sp³-hybridized carbons (Fsp3) is 0.235. The lowest BCUT2D eigenvalue weighted by Gasteiger charge is -2.11. The highest BCUT2D eigenvalue weighted by Gasteiger charge is 2.12. The van der Waals surface area contributed by atoms with Gasteiger partial charge in [-0.05, 0) is 32.0 Å². The summed E-state index contributed by atoms with van der Waals surface area (Å²) in [5.41, 5.74) is 0.385. The molecule has 0 bridgehead atoms. The van der Waals surface area contributed by atoms with Gasteiger partial charge in [-0.3, -0.25) is 19.1 Å². The van der Waals surface area contributed by atoms with Gasteiger partial charge in [-0.15, -0.1) is 0 Å². The largest absolute Gasteiger partial charge is 0.467 e. The molecule has 3 rings (SSSR count). The maximum atomic E-state index is 12.3. The van der Waals surface area contributed by atoms with Crippen LogP contribution in [0.1, 0.15) is 17.1 Å².